The Morgan fingerprint density at radius 1 is 0.976 bits per heavy atom. The molecule has 0 radical (unpaired) electrons. The van der Waals surface area contributed by atoms with Crippen molar-refractivity contribution in [3.05, 3.63) is 94.2 Å². The number of carbonyl (C=O) groups is 2. The third kappa shape index (κ3) is 7.78. The second kappa shape index (κ2) is 13.7. The van der Waals surface area contributed by atoms with Gasteiger partial charge in [-0.05, 0) is 67.8 Å². The summed E-state index contributed by atoms with van der Waals surface area (Å²) in [4.78, 5) is 28.6. The van der Waals surface area contributed by atoms with Crippen LogP contribution >= 0.6 is 23.2 Å². The summed E-state index contributed by atoms with van der Waals surface area (Å²) in [5.41, 5.74) is 0.682. The fraction of sp³-hybridized carbons (Fsp3) is 0.333. The number of benzene rings is 3. The lowest BCUT2D eigenvalue weighted by molar-refractivity contribution is -0.139. The van der Waals surface area contributed by atoms with Crippen molar-refractivity contribution in [3.63, 3.8) is 0 Å². The van der Waals surface area contributed by atoms with E-state index in [0.717, 1.165) is 48.5 Å². The van der Waals surface area contributed by atoms with E-state index < -0.39 is 34.3 Å². The Morgan fingerprint density at radius 2 is 1.68 bits per heavy atom. The zero-order valence-corrected chi connectivity index (χ0v) is 24.9. The molecule has 1 N–H and O–H groups in total. The van der Waals surface area contributed by atoms with Gasteiger partial charge in [0.15, 0.2) is 0 Å². The molecule has 0 heterocycles. The van der Waals surface area contributed by atoms with Crippen molar-refractivity contribution in [1.29, 1.82) is 0 Å². The van der Waals surface area contributed by atoms with Gasteiger partial charge in [0, 0.05) is 17.6 Å². The average molecular weight is 621 g/mol. The standard InChI is InChI=1S/C30H32Cl2FN3O4S/c1-21(30(38)34-24-11-4-2-5-12-24)35(19-22-9-8-10-23(31)17-22)29(37)20-36(25-15-16-28(33)27(32)18-25)41(39,40)26-13-6-3-7-14-26/h3,6-10,13-18,21,24H,2,4-5,11-12,19-20H2,1H3,(H,34,38)/t21-/m0/s1. The van der Waals surface area contributed by atoms with Crippen LogP contribution in [0.1, 0.15) is 44.6 Å². The van der Waals surface area contributed by atoms with E-state index in [9.17, 15) is 22.4 Å². The number of hydrogen-bond donors (Lipinski definition) is 1. The van der Waals surface area contributed by atoms with E-state index in [1.165, 1.54) is 23.1 Å². The van der Waals surface area contributed by atoms with E-state index in [1.54, 1.807) is 49.4 Å². The van der Waals surface area contributed by atoms with Crippen LogP contribution in [0.5, 0.6) is 0 Å². The zero-order valence-electron chi connectivity index (χ0n) is 22.6. The highest BCUT2D eigenvalue weighted by Crippen LogP contribution is 2.28. The topological polar surface area (TPSA) is 86.8 Å². The normalized spacial score (nSPS) is 14.7. The summed E-state index contributed by atoms with van der Waals surface area (Å²) in [6, 6.07) is 17.1. The maximum absolute atomic E-state index is 14.0. The minimum atomic E-state index is -4.28. The van der Waals surface area contributed by atoms with Crippen LogP contribution in [0.2, 0.25) is 10.0 Å². The van der Waals surface area contributed by atoms with Crippen LogP contribution in [-0.2, 0) is 26.2 Å². The Balaban J connectivity index is 1.68. The molecule has 0 saturated heterocycles. The van der Waals surface area contributed by atoms with Gasteiger partial charge in [-0.1, -0.05) is 72.8 Å². The molecular weight excluding hydrogens is 588 g/mol. The summed E-state index contributed by atoms with van der Waals surface area (Å²) in [6.07, 6.45) is 4.92. The molecule has 3 aromatic rings. The van der Waals surface area contributed by atoms with Gasteiger partial charge in [-0.25, -0.2) is 12.8 Å². The molecule has 1 atom stereocenters. The highest BCUT2D eigenvalue weighted by Gasteiger charge is 2.33. The first kappa shape index (κ1) is 30.8. The first-order valence-electron chi connectivity index (χ1n) is 13.4. The Bertz CT molecular complexity index is 1480. The van der Waals surface area contributed by atoms with Crippen molar-refractivity contribution in [2.75, 3.05) is 10.8 Å². The van der Waals surface area contributed by atoms with Gasteiger partial charge in [0.1, 0.15) is 18.4 Å². The largest absolute Gasteiger partial charge is 0.352 e. The van der Waals surface area contributed by atoms with Crippen molar-refractivity contribution < 1.29 is 22.4 Å². The van der Waals surface area contributed by atoms with E-state index in [-0.39, 0.29) is 34.1 Å². The van der Waals surface area contributed by atoms with Gasteiger partial charge in [0.2, 0.25) is 11.8 Å². The summed E-state index contributed by atoms with van der Waals surface area (Å²) in [5, 5.41) is 3.23. The van der Waals surface area contributed by atoms with E-state index >= 15 is 0 Å². The molecule has 0 unspecified atom stereocenters. The molecule has 11 heteroatoms. The van der Waals surface area contributed by atoms with Crippen molar-refractivity contribution in [2.45, 2.75) is 62.6 Å². The third-order valence-electron chi connectivity index (χ3n) is 7.16. The highest BCUT2D eigenvalue weighted by molar-refractivity contribution is 7.92. The van der Waals surface area contributed by atoms with E-state index in [0.29, 0.717) is 10.6 Å². The summed E-state index contributed by atoms with van der Waals surface area (Å²) in [6.45, 7) is 0.980. The number of nitrogens with zero attached hydrogens (tertiary/aromatic N) is 2. The summed E-state index contributed by atoms with van der Waals surface area (Å²) in [5.74, 6) is -1.68. The molecule has 218 valence electrons. The number of amides is 2. The molecule has 1 aliphatic carbocycles. The van der Waals surface area contributed by atoms with Gasteiger partial charge < -0.3 is 10.2 Å². The third-order valence-corrected chi connectivity index (χ3v) is 9.47. The molecule has 0 spiro atoms. The Morgan fingerprint density at radius 3 is 2.34 bits per heavy atom. The Hall–Kier alpha value is -3.14. The number of carbonyl (C=O) groups excluding carboxylic acids is 2. The van der Waals surface area contributed by atoms with Gasteiger partial charge >= 0.3 is 0 Å². The van der Waals surface area contributed by atoms with E-state index in [2.05, 4.69) is 5.32 Å². The van der Waals surface area contributed by atoms with Gasteiger partial charge in [-0.15, -0.1) is 0 Å². The molecule has 7 nitrogen and oxygen atoms in total. The Kier molecular flexibility index (Phi) is 10.3. The van der Waals surface area contributed by atoms with Crippen molar-refractivity contribution in [3.8, 4) is 0 Å². The highest BCUT2D eigenvalue weighted by atomic mass is 35.5. The van der Waals surface area contributed by atoms with Crippen LogP contribution in [0, 0.1) is 5.82 Å². The molecule has 1 aliphatic rings. The van der Waals surface area contributed by atoms with Crippen LogP contribution in [-0.4, -0.2) is 43.8 Å². The number of nitrogens with one attached hydrogen (secondary N) is 1. The summed E-state index contributed by atoms with van der Waals surface area (Å²) in [7, 11) is -4.28. The average Bonchev–Trinajstić information content (AvgIpc) is 2.96. The maximum Gasteiger partial charge on any atom is 0.264 e. The minimum Gasteiger partial charge on any atom is -0.352 e. The second-order valence-corrected chi connectivity index (χ2v) is 12.8. The van der Waals surface area contributed by atoms with Gasteiger partial charge in [-0.3, -0.25) is 13.9 Å². The lowest BCUT2D eigenvalue weighted by Gasteiger charge is -2.33. The number of rotatable bonds is 10. The lowest BCUT2D eigenvalue weighted by Crippen LogP contribution is -2.53. The fourth-order valence-corrected chi connectivity index (χ4v) is 6.69. The van der Waals surface area contributed by atoms with Crippen LogP contribution in [0.3, 0.4) is 0 Å². The molecule has 2 amide bonds. The smallest absolute Gasteiger partial charge is 0.264 e. The Labute approximate surface area is 250 Å². The van der Waals surface area contributed by atoms with Gasteiger partial charge in [0.05, 0.1) is 15.6 Å². The monoisotopic (exact) mass is 619 g/mol. The first-order valence-corrected chi connectivity index (χ1v) is 15.6. The van der Waals surface area contributed by atoms with Crippen LogP contribution in [0.15, 0.2) is 77.7 Å². The molecule has 0 aliphatic heterocycles. The van der Waals surface area contributed by atoms with Crippen LogP contribution in [0.4, 0.5) is 10.1 Å². The number of hydrogen-bond acceptors (Lipinski definition) is 4. The summed E-state index contributed by atoms with van der Waals surface area (Å²) < 4.78 is 42.4. The summed E-state index contributed by atoms with van der Waals surface area (Å²) >= 11 is 12.2. The van der Waals surface area contributed by atoms with Gasteiger partial charge in [-0.2, -0.15) is 0 Å². The maximum atomic E-state index is 14.0. The molecule has 41 heavy (non-hydrogen) atoms. The zero-order chi connectivity index (χ0) is 29.6. The van der Waals surface area contributed by atoms with E-state index in [1.807, 2.05) is 0 Å². The van der Waals surface area contributed by atoms with Crippen LogP contribution < -0.4 is 9.62 Å². The first-order chi connectivity index (χ1) is 19.6. The number of anilines is 1. The number of sulfonamides is 1. The molecule has 3 aromatic carbocycles. The quantitative estimate of drug-likeness (QED) is 0.293. The fourth-order valence-electron chi connectivity index (χ4n) is 4.87. The number of halogens is 3. The molecule has 0 bridgehead atoms. The second-order valence-electron chi connectivity index (χ2n) is 10.1. The molecule has 0 aromatic heterocycles. The molecule has 1 fully saturated rings. The predicted molar refractivity (Wildman–Crippen MR) is 159 cm³/mol. The molecule has 1 saturated carbocycles. The van der Waals surface area contributed by atoms with Crippen LogP contribution in [0.25, 0.3) is 0 Å². The minimum absolute atomic E-state index is 0.00983. The van der Waals surface area contributed by atoms with Crippen molar-refractivity contribution in [2.24, 2.45) is 0 Å². The van der Waals surface area contributed by atoms with Crippen molar-refractivity contribution in [1.82, 2.24) is 10.2 Å². The predicted octanol–water partition coefficient (Wildman–Crippen LogP) is 6.19. The lowest BCUT2D eigenvalue weighted by atomic mass is 9.95. The molecule has 4 rings (SSSR count). The van der Waals surface area contributed by atoms with Crippen molar-refractivity contribution >= 4 is 50.7 Å². The molecular formula is C30H32Cl2FN3O4S. The SMILES string of the molecule is C[C@@H](C(=O)NC1CCCCC1)N(Cc1cccc(Cl)c1)C(=O)CN(c1ccc(F)c(Cl)c1)S(=O)(=O)c1ccccc1. The van der Waals surface area contributed by atoms with E-state index in [4.69, 9.17) is 23.2 Å². The van der Waals surface area contributed by atoms with Gasteiger partial charge in [0.25, 0.3) is 10.0 Å².